The lowest BCUT2D eigenvalue weighted by atomic mass is 9.82. The first-order valence-electron chi connectivity index (χ1n) is 21.5. The van der Waals surface area contributed by atoms with Gasteiger partial charge in [0.1, 0.15) is 24.9 Å². The lowest BCUT2D eigenvalue weighted by Gasteiger charge is -2.47. The highest BCUT2D eigenvalue weighted by Gasteiger charge is 2.56. The summed E-state index contributed by atoms with van der Waals surface area (Å²) in [7, 11) is 3.11. The number of cyclic esters (lactones) is 1. The van der Waals surface area contributed by atoms with E-state index in [1.807, 2.05) is 20.8 Å². The number of rotatable bonds is 7. The van der Waals surface area contributed by atoms with Crippen LogP contribution in [0.1, 0.15) is 126 Å². The summed E-state index contributed by atoms with van der Waals surface area (Å²) >= 11 is 0. The van der Waals surface area contributed by atoms with Crippen LogP contribution in [0.2, 0.25) is 0 Å². The molecule has 324 valence electrons. The van der Waals surface area contributed by atoms with E-state index in [1.165, 1.54) is 4.90 Å². The predicted molar refractivity (Wildman–Crippen MR) is 216 cm³/mol. The standard InChI is InChI=1S/C44H72N2O11/c1-10-32-21-26(3)20-27(4)22-37(53-8)40-38(54-9)24-29(6)44(52,57-40)41(49)42(50)46-19-13-12-14-35(46)43(51)56-39(28(5)23-31-15-17-33(47)18-16-31)30(7)36(48)25-34(32)45-55-11-2/h21,23,27,29-33,35-40,47-48,52H,10-20,22,24-25H2,1-9H3/b26-21+,28-23+,45-34-/t27-,29+,30+,31?,32+,33?,35-,36-,37-,38-,39+,40+,44+/m0/s1. The number of ketones is 1. The van der Waals surface area contributed by atoms with Crippen molar-refractivity contribution in [1.29, 1.82) is 0 Å². The number of aliphatic hydroxyl groups is 3. The minimum Gasteiger partial charge on any atom is -0.456 e. The van der Waals surface area contributed by atoms with Crippen LogP contribution >= 0.6 is 0 Å². The summed E-state index contributed by atoms with van der Waals surface area (Å²) in [5, 5.41) is 38.7. The summed E-state index contributed by atoms with van der Waals surface area (Å²) in [6.07, 6.45) is 6.89. The quantitative estimate of drug-likeness (QED) is 0.125. The van der Waals surface area contributed by atoms with Gasteiger partial charge >= 0.3 is 5.97 Å². The second-order valence-corrected chi connectivity index (χ2v) is 17.3. The van der Waals surface area contributed by atoms with Crippen molar-refractivity contribution < 1.29 is 53.5 Å². The second-order valence-electron chi connectivity index (χ2n) is 17.3. The molecule has 0 spiro atoms. The Balaban J connectivity index is 1.81. The Morgan fingerprint density at radius 1 is 0.982 bits per heavy atom. The van der Waals surface area contributed by atoms with Crippen molar-refractivity contribution >= 4 is 23.4 Å². The van der Waals surface area contributed by atoms with Crippen LogP contribution in [0.3, 0.4) is 0 Å². The van der Waals surface area contributed by atoms with E-state index in [-0.39, 0.29) is 49.7 Å². The largest absolute Gasteiger partial charge is 0.456 e. The molecule has 0 radical (unpaired) electrons. The van der Waals surface area contributed by atoms with Gasteiger partial charge in [-0.05, 0) is 109 Å². The van der Waals surface area contributed by atoms with E-state index in [0.717, 1.165) is 24.0 Å². The van der Waals surface area contributed by atoms with E-state index in [1.54, 1.807) is 21.1 Å². The van der Waals surface area contributed by atoms with Gasteiger partial charge < -0.3 is 44.0 Å². The number of allylic oxidation sites excluding steroid dienone is 3. The van der Waals surface area contributed by atoms with Gasteiger partial charge in [0, 0.05) is 44.9 Å². The van der Waals surface area contributed by atoms with Gasteiger partial charge in [0.25, 0.3) is 11.7 Å². The summed E-state index contributed by atoms with van der Waals surface area (Å²) < 4.78 is 24.5. The third kappa shape index (κ3) is 11.8. The van der Waals surface area contributed by atoms with E-state index in [9.17, 15) is 29.7 Å². The van der Waals surface area contributed by atoms with Crippen LogP contribution in [0.25, 0.3) is 0 Å². The number of methoxy groups -OCH3 is 2. The Morgan fingerprint density at radius 3 is 2.28 bits per heavy atom. The fourth-order valence-corrected chi connectivity index (χ4v) is 9.38. The first-order valence-corrected chi connectivity index (χ1v) is 21.5. The van der Waals surface area contributed by atoms with Gasteiger partial charge in [0.05, 0.1) is 30.1 Å². The highest BCUT2D eigenvalue weighted by molar-refractivity contribution is 6.39. The number of Topliss-reactive ketones (excluding diaryl/α,β-unsaturated/α-hetero) is 1. The molecule has 2 saturated heterocycles. The topological polar surface area (TPSA) is 174 Å². The molecule has 3 heterocycles. The van der Waals surface area contributed by atoms with Gasteiger partial charge in [-0.2, -0.15) is 0 Å². The molecule has 13 nitrogen and oxygen atoms in total. The number of esters is 1. The number of ether oxygens (including phenoxy) is 4. The number of carbonyl (C=O) groups is 3. The van der Waals surface area contributed by atoms with Gasteiger partial charge in [-0.25, -0.2) is 4.79 Å². The summed E-state index contributed by atoms with van der Waals surface area (Å²) in [6, 6.07) is -1.08. The van der Waals surface area contributed by atoms with Crippen molar-refractivity contribution in [3.05, 3.63) is 23.3 Å². The molecule has 0 unspecified atom stereocenters. The number of nitrogens with zero attached hydrogens (tertiary/aromatic N) is 2. The molecular formula is C44H72N2O11. The fourth-order valence-electron chi connectivity index (χ4n) is 9.38. The Bertz CT molecular complexity index is 1440. The minimum absolute atomic E-state index is 0.0850. The van der Waals surface area contributed by atoms with Crippen LogP contribution in [0.15, 0.2) is 28.5 Å². The zero-order valence-electron chi connectivity index (χ0n) is 36.0. The van der Waals surface area contributed by atoms with Gasteiger partial charge in [-0.3, -0.25) is 9.59 Å². The van der Waals surface area contributed by atoms with Crippen molar-refractivity contribution in [1.82, 2.24) is 4.90 Å². The molecule has 0 aromatic rings. The van der Waals surface area contributed by atoms with Crippen LogP contribution in [-0.4, -0.2) is 119 Å². The predicted octanol–water partition coefficient (Wildman–Crippen LogP) is 5.67. The molecule has 3 N–H and O–H groups in total. The Morgan fingerprint density at radius 2 is 1.65 bits per heavy atom. The highest BCUT2D eigenvalue weighted by Crippen LogP contribution is 2.39. The molecule has 1 saturated carbocycles. The van der Waals surface area contributed by atoms with Crippen LogP contribution in [0, 0.1) is 29.6 Å². The number of oxime groups is 1. The van der Waals surface area contributed by atoms with Crippen LogP contribution in [0.5, 0.6) is 0 Å². The molecule has 2 bridgehead atoms. The van der Waals surface area contributed by atoms with E-state index >= 15 is 0 Å². The first kappa shape index (κ1) is 47.0. The Labute approximate surface area is 340 Å². The van der Waals surface area contributed by atoms with Crippen molar-refractivity contribution in [2.75, 3.05) is 27.4 Å². The number of fused-ring (bicyclic) bond motifs is 3. The van der Waals surface area contributed by atoms with Crippen molar-refractivity contribution in [3.63, 3.8) is 0 Å². The molecule has 13 heteroatoms. The number of carbonyl (C=O) groups excluding carboxylic acids is 3. The maximum Gasteiger partial charge on any atom is 0.329 e. The maximum absolute atomic E-state index is 14.4. The summed E-state index contributed by atoms with van der Waals surface area (Å²) in [5.74, 6) is -6.57. The molecule has 3 aliphatic heterocycles. The van der Waals surface area contributed by atoms with Crippen molar-refractivity contribution in [3.8, 4) is 0 Å². The lowest BCUT2D eigenvalue weighted by molar-refractivity contribution is -0.302. The first-order chi connectivity index (χ1) is 27.1. The van der Waals surface area contributed by atoms with Crippen LogP contribution in [0.4, 0.5) is 0 Å². The molecule has 4 aliphatic rings. The minimum atomic E-state index is -2.48. The van der Waals surface area contributed by atoms with E-state index in [4.69, 9.17) is 23.8 Å². The third-order valence-electron chi connectivity index (χ3n) is 12.9. The summed E-state index contributed by atoms with van der Waals surface area (Å²) in [5.41, 5.74) is 2.57. The SMILES string of the molecule is CCO/N=C1/C[C@H](O)[C@@H](C)[C@@H](/C(C)=C/C2CCC(O)CC2)OC(=O)[C@@H]2CCCCN2C(=O)C(=O)[C@]2(O)O[C@H]([C@@H](OC)C[C@@H](C)C/C(C)=C/[C@H]1CC)[C@@H](OC)C[C@H]2C. The van der Waals surface area contributed by atoms with Gasteiger partial charge in [-0.15, -0.1) is 0 Å². The van der Waals surface area contributed by atoms with Gasteiger partial charge in [0.2, 0.25) is 5.79 Å². The molecule has 0 aromatic heterocycles. The molecule has 4 rings (SSSR count). The normalized spacial score (nSPS) is 40.4. The Hall–Kier alpha value is -2.68. The Kier molecular flexibility index (Phi) is 17.8. The second kappa shape index (κ2) is 21.5. The zero-order chi connectivity index (χ0) is 42.0. The molecule has 11 atom stereocenters. The number of aliphatic hydroxyl groups excluding tert-OH is 2. The zero-order valence-corrected chi connectivity index (χ0v) is 36.0. The number of hydrogen-bond acceptors (Lipinski definition) is 12. The monoisotopic (exact) mass is 805 g/mol. The van der Waals surface area contributed by atoms with E-state index in [2.05, 4.69) is 38.1 Å². The van der Waals surface area contributed by atoms with Crippen molar-refractivity contribution in [2.45, 2.75) is 174 Å². The smallest absolute Gasteiger partial charge is 0.329 e. The van der Waals surface area contributed by atoms with Crippen LogP contribution < -0.4 is 0 Å². The highest BCUT2D eigenvalue weighted by atomic mass is 16.7. The van der Waals surface area contributed by atoms with Crippen molar-refractivity contribution in [2.24, 2.45) is 34.7 Å². The summed E-state index contributed by atoms with van der Waals surface area (Å²) in [6.45, 7) is 14.0. The molecule has 1 aliphatic carbocycles. The average Bonchev–Trinajstić information content (AvgIpc) is 3.19. The summed E-state index contributed by atoms with van der Waals surface area (Å²) in [4.78, 5) is 49.7. The number of hydrogen-bond donors (Lipinski definition) is 3. The molecular weight excluding hydrogens is 732 g/mol. The van der Waals surface area contributed by atoms with E-state index in [0.29, 0.717) is 57.3 Å². The van der Waals surface area contributed by atoms with Gasteiger partial charge in [-0.1, -0.05) is 50.6 Å². The van der Waals surface area contributed by atoms with Gasteiger partial charge in [0.15, 0.2) is 0 Å². The average molecular weight is 805 g/mol. The van der Waals surface area contributed by atoms with E-state index < -0.39 is 71.8 Å². The maximum atomic E-state index is 14.4. The fraction of sp³-hybridized carbons (Fsp3) is 0.818. The molecule has 57 heavy (non-hydrogen) atoms. The number of piperidine rings is 1. The third-order valence-corrected chi connectivity index (χ3v) is 12.9. The molecule has 3 fully saturated rings. The molecule has 1 amide bonds. The molecule has 0 aromatic carbocycles. The van der Waals surface area contributed by atoms with Crippen LogP contribution in [-0.2, 0) is 38.2 Å². The lowest BCUT2D eigenvalue weighted by Crippen LogP contribution is -2.64. The number of amides is 1.